The maximum atomic E-state index is 13.5. The average molecular weight is 686 g/mol. The van der Waals surface area contributed by atoms with Crippen LogP contribution in [0.2, 0.25) is 0 Å². The van der Waals surface area contributed by atoms with Gasteiger partial charge in [0, 0.05) is 20.4 Å². The van der Waals surface area contributed by atoms with Crippen molar-refractivity contribution in [2.24, 2.45) is 5.10 Å². The summed E-state index contributed by atoms with van der Waals surface area (Å²) in [5.41, 5.74) is 1.01. The third kappa shape index (κ3) is 5.52. The molecule has 0 spiro atoms. The van der Waals surface area contributed by atoms with Gasteiger partial charge in [0.15, 0.2) is 17.6 Å². The van der Waals surface area contributed by atoms with Crippen LogP contribution in [0.4, 0.5) is 0 Å². The Morgan fingerprint density at radius 2 is 1.92 bits per heavy atom. The zero-order valence-electron chi connectivity index (χ0n) is 19.6. The zero-order valence-corrected chi connectivity index (χ0v) is 24.4. The summed E-state index contributed by atoms with van der Waals surface area (Å²) in [6, 6.07) is 7.14. The van der Waals surface area contributed by atoms with Crippen molar-refractivity contribution in [3.05, 3.63) is 59.4 Å². The monoisotopic (exact) mass is 683 g/mol. The molecule has 2 aromatic carbocycles. The summed E-state index contributed by atoms with van der Waals surface area (Å²) in [5, 5.41) is 14.3. The van der Waals surface area contributed by atoms with Crippen LogP contribution in [0.3, 0.4) is 0 Å². The zero-order chi connectivity index (χ0) is 26.0. The average Bonchev–Trinajstić information content (AvgIpc) is 2.87. The summed E-state index contributed by atoms with van der Waals surface area (Å²) in [5.74, 6) is 0.266. The van der Waals surface area contributed by atoms with E-state index in [4.69, 9.17) is 14.5 Å². The molecule has 3 aromatic rings. The van der Waals surface area contributed by atoms with Gasteiger partial charge in [-0.25, -0.2) is 9.78 Å². The number of nitrogens with zero attached hydrogens (tertiary/aromatic N) is 3. The number of carbonyl (C=O) groups is 1. The van der Waals surface area contributed by atoms with Crippen LogP contribution in [0, 0.1) is 0 Å². The van der Waals surface area contributed by atoms with E-state index in [1.165, 1.54) is 25.1 Å². The number of fused-ring (bicyclic) bond motifs is 1. The van der Waals surface area contributed by atoms with Crippen molar-refractivity contribution >= 4 is 70.9 Å². The van der Waals surface area contributed by atoms with Crippen LogP contribution in [0.5, 0.6) is 11.5 Å². The first kappa shape index (κ1) is 26.8. The van der Waals surface area contributed by atoms with Crippen molar-refractivity contribution in [1.82, 2.24) is 9.66 Å². The first-order valence-electron chi connectivity index (χ1n) is 11.4. The number of aromatic nitrogens is 2. The van der Waals surface area contributed by atoms with Gasteiger partial charge in [-0.15, -0.1) is 0 Å². The summed E-state index contributed by atoms with van der Waals surface area (Å²) in [6.45, 7) is 1.43. The maximum absolute atomic E-state index is 13.5. The van der Waals surface area contributed by atoms with Gasteiger partial charge in [0.2, 0.25) is 0 Å². The molecule has 1 atom stereocenters. The molecule has 1 N–H and O–H groups in total. The summed E-state index contributed by atoms with van der Waals surface area (Å²) in [6.07, 6.45) is 5.76. The number of rotatable bonds is 7. The molecule has 1 heterocycles. The number of hydrogen-bond donors (Lipinski definition) is 1. The highest BCUT2D eigenvalue weighted by Gasteiger charge is 2.24. The molecule has 1 saturated carbocycles. The minimum atomic E-state index is -1.10. The van der Waals surface area contributed by atoms with Crippen LogP contribution in [-0.4, -0.2) is 40.2 Å². The number of aliphatic carboxylic acids is 1. The predicted molar refractivity (Wildman–Crippen MR) is 149 cm³/mol. The van der Waals surface area contributed by atoms with Crippen LogP contribution < -0.4 is 15.0 Å². The first-order chi connectivity index (χ1) is 17.2. The fraction of sp³-hybridized carbons (Fsp3) is 0.360. The molecule has 0 aliphatic heterocycles. The van der Waals surface area contributed by atoms with E-state index in [0.717, 1.165) is 30.2 Å². The van der Waals surface area contributed by atoms with Crippen molar-refractivity contribution in [1.29, 1.82) is 0 Å². The third-order valence-electron chi connectivity index (χ3n) is 6.13. The minimum Gasteiger partial charge on any atom is -0.493 e. The van der Waals surface area contributed by atoms with E-state index in [9.17, 15) is 14.7 Å². The fourth-order valence-electron chi connectivity index (χ4n) is 4.21. The van der Waals surface area contributed by atoms with E-state index >= 15 is 0 Å². The second-order valence-electron chi connectivity index (χ2n) is 8.55. The van der Waals surface area contributed by atoms with Crippen molar-refractivity contribution in [3.63, 3.8) is 0 Å². The van der Waals surface area contributed by atoms with E-state index in [2.05, 4.69) is 52.9 Å². The molecule has 0 amide bonds. The Hall–Kier alpha value is -2.24. The number of benzene rings is 2. The van der Waals surface area contributed by atoms with E-state index in [1.807, 2.05) is 12.1 Å². The van der Waals surface area contributed by atoms with Gasteiger partial charge in [0.05, 0.1) is 28.7 Å². The molecule has 0 unspecified atom stereocenters. The van der Waals surface area contributed by atoms with Gasteiger partial charge >= 0.3 is 5.97 Å². The van der Waals surface area contributed by atoms with E-state index < -0.39 is 12.1 Å². The lowest BCUT2D eigenvalue weighted by molar-refractivity contribution is -0.144. The number of halogens is 3. The van der Waals surface area contributed by atoms with Crippen LogP contribution >= 0.6 is 47.8 Å². The van der Waals surface area contributed by atoms with Crippen molar-refractivity contribution in [2.45, 2.75) is 51.0 Å². The van der Waals surface area contributed by atoms with Gasteiger partial charge in [-0.2, -0.15) is 9.78 Å². The molecule has 0 saturated heterocycles. The predicted octanol–water partition coefficient (Wildman–Crippen LogP) is 6.47. The normalized spacial score (nSPS) is 15.4. The number of carboxylic acid groups (broad SMARTS) is 1. The van der Waals surface area contributed by atoms with E-state index in [0.29, 0.717) is 37.0 Å². The molecule has 190 valence electrons. The lowest BCUT2D eigenvalue weighted by Crippen LogP contribution is -2.25. The van der Waals surface area contributed by atoms with Gasteiger partial charge in [0.1, 0.15) is 5.82 Å². The SMILES string of the molecule is COc1cc(C=Nn2c(C3CCCCC3)nc3ccc(Br)cc3c2=O)c(Br)c(Br)c1O[C@@H](C)C(=O)O. The van der Waals surface area contributed by atoms with E-state index in [-0.39, 0.29) is 17.2 Å². The van der Waals surface area contributed by atoms with Crippen LogP contribution in [0.1, 0.15) is 56.3 Å². The number of ether oxygens (including phenoxy) is 2. The number of hydrogen-bond acceptors (Lipinski definition) is 6. The largest absolute Gasteiger partial charge is 0.493 e. The van der Waals surface area contributed by atoms with E-state index in [1.54, 1.807) is 18.3 Å². The molecule has 0 radical (unpaired) electrons. The smallest absolute Gasteiger partial charge is 0.344 e. The third-order valence-corrected chi connectivity index (χ3v) is 8.77. The Bertz CT molecular complexity index is 1400. The molecule has 0 bridgehead atoms. The van der Waals surface area contributed by atoms with Gasteiger partial charge < -0.3 is 14.6 Å². The second-order valence-corrected chi connectivity index (χ2v) is 11.1. The Morgan fingerprint density at radius 3 is 2.58 bits per heavy atom. The quantitative estimate of drug-likeness (QED) is 0.286. The summed E-state index contributed by atoms with van der Waals surface area (Å²) in [4.78, 5) is 29.7. The Labute approximate surface area is 233 Å². The maximum Gasteiger partial charge on any atom is 0.344 e. The standard InChI is InChI=1S/C25H24Br3N3O5/c1-13(25(33)34)36-22-19(35-2)10-15(20(27)21(22)28)12-29-31-23(14-6-4-3-5-7-14)30-18-9-8-16(26)11-17(18)24(31)32/h8-14H,3-7H2,1-2H3,(H,33,34)/t13-/m0/s1. The topological polar surface area (TPSA) is 103 Å². The summed E-state index contributed by atoms with van der Waals surface area (Å²) < 4.78 is 14.3. The van der Waals surface area contributed by atoms with Crippen LogP contribution in [0.15, 0.2) is 47.6 Å². The summed E-state index contributed by atoms with van der Waals surface area (Å²) >= 11 is 10.4. The Balaban J connectivity index is 1.82. The molecule has 1 aromatic heterocycles. The number of methoxy groups -OCH3 is 1. The molecular formula is C25H24Br3N3O5. The van der Waals surface area contributed by atoms with Crippen LogP contribution in [-0.2, 0) is 4.79 Å². The first-order valence-corrected chi connectivity index (χ1v) is 13.8. The molecular weight excluding hydrogens is 662 g/mol. The molecule has 4 rings (SSSR count). The fourth-order valence-corrected chi connectivity index (χ4v) is 5.49. The van der Waals surface area contributed by atoms with Gasteiger partial charge in [-0.05, 0) is 75.9 Å². The van der Waals surface area contributed by atoms with Crippen LogP contribution in [0.25, 0.3) is 10.9 Å². The molecule has 8 nitrogen and oxygen atoms in total. The molecule has 1 aliphatic rings. The molecule has 11 heteroatoms. The second kappa shape index (κ2) is 11.4. The lowest BCUT2D eigenvalue weighted by Gasteiger charge is -2.23. The lowest BCUT2D eigenvalue weighted by atomic mass is 9.88. The molecule has 36 heavy (non-hydrogen) atoms. The van der Waals surface area contributed by atoms with Crippen molar-refractivity contribution < 1.29 is 19.4 Å². The molecule has 1 aliphatic carbocycles. The highest BCUT2D eigenvalue weighted by Crippen LogP contribution is 2.43. The Morgan fingerprint density at radius 1 is 1.19 bits per heavy atom. The van der Waals surface area contributed by atoms with Gasteiger partial charge in [0.25, 0.3) is 5.56 Å². The van der Waals surface area contributed by atoms with Crippen molar-refractivity contribution in [3.8, 4) is 11.5 Å². The molecule has 1 fully saturated rings. The van der Waals surface area contributed by atoms with Crippen molar-refractivity contribution in [2.75, 3.05) is 7.11 Å². The minimum absolute atomic E-state index is 0.148. The Kier molecular flexibility index (Phi) is 8.52. The van der Waals surface area contributed by atoms with Gasteiger partial charge in [-0.1, -0.05) is 35.2 Å². The summed E-state index contributed by atoms with van der Waals surface area (Å²) in [7, 11) is 1.46. The highest BCUT2D eigenvalue weighted by atomic mass is 79.9. The van der Waals surface area contributed by atoms with Gasteiger partial charge in [-0.3, -0.25) is 4.79 Å². The number of carboxylic acids is 1. The highest BCUT2D eigenvalue weighted by molar-refractivity contribution is 9.13.